The van der Waals surface area contributed by atoms with E-state index < -0.39 is 0 Å². The Hall–Kier alpha value is -2.81. The van der Waals surface area contributed by atoms with Crippen LogP contribution < -0.4 is 5.32 Å². The van der Waals surface area contributed by atoms with Crippen molar-refractivity contribution < 1.29 is 14.1 Å². The number of nitrogens with one attached hydrogen (secondary N) is 1. The van der Waals surface area contributed by atoms with Gasteiger partial charge in [0.05, 0.1) is 12.5 Å². The lowest BCUT2D eigenvalue weighted by molar-refractivity contribution is -0.137. The zero-order valence-corrected chi connectivity index (χ0v) is 21.1. The van der Waals surface area contributed by atoms with Gasteiger partial charge >= 0.3 is 0 Å². The Morgan fingerprint density at radius 1 is 1.03 bits per heavy atom. The monoisotopic (exact) mass is 494 g/mol. The molecule has 0 spiro atoms. The number of fused-ring (bicyclic) bond motifs is 1. The third-order valence-corrected chi connectivity index (χ3v) is 7.98. The van der Waals surface area contributed by atoms with Crippen molar-refractivity contribution in [1.82, 2.24) is 30.2 Å². The maximum Gasteiger partial charge on any atom is 0.237 e. The van der Waals surface area contributed by atoms with Crippen LogP contribution in [0.5, 0.6) is 0 Å². The van der Waals surface area contributed by atoms with E-state index in [1.54, 1.807) is 12.4 Å². The van der Waals surface area contributed by atoms with Gasteiger partial charge in [0.2, 0.25) is 23.5 Å². The van der Waals surface area contributed by atoms with Crippen LogP contribution in [0.3, 0.4) is 0 Å². The first-order valence-electron chi connectivity index (χ1n) is 13.7. The van der Waals surface area contributed by atoms with Crippen molar-refractivity contribution >= 4 is 11.8 Å². The summed E-state index contributed by atoms with van der Waals surface area (Å²) in [6.07, 6.45) is 13.6. The highest BCUT2D eigenvalue weighted by Gasteiger charge is 2.45. The molecule has 194 valence electrons. The van der Waals surface area contributed by atoms with Gasteiger partial charge in [0.1, 0.15) is 0 Å². The number of nitrogens with zero attached hydrogens (tertiary/aromatic N) is 5. The third kappa shape index (κ3) is 5.94. The first-order chi connectivity index (χ1) is 17.7. The number of rotatable bonds is 4. The van der Waals surface area contributed by atoms with E-state index in [1.165, 1.54) is 12.8 Å². The summed E-state index contributed by atoms with van der Waals surface area (Å²) in [5, 5.41) is 7.31. The van der Waals surface area contributed by atoms with Crippen LogP contribution >= 0.6 is 0 Å². The van der Waals surface area contributed by atoms with Crippen LogP contribution in [-0.2, 0) is 9.59 Å². The Kier molecular flexibility index (Phi) is 8.25. The van der Waals surface area contributed by atoms with Gasteiger partial charge in [0.25, 0.3) is 0 Å². The van der Waals surface area contributed by atoms with Crippen molar-refractivity contribution in [2.75, 3.05) is 32.7 Å². The number of amides is 2. The molecule has 2 aromatic rings. The van der Waals surface area contributed by atoms with Gasteiger partial charge < -0.3 is 14.7 Å². The molecule has 2 aromatic heterocycles. The average molecular weight is 495 g/mol. The maximum absolute atomic E-state index is 13.7. The molecule has 0 unspecified atom stereocenters. The molecule has 2 aliphatic heterocycles. The summed E-state index contributed by atoms with van der Waals surface area (Å²) >= 11 is 0. The van der Waals surface area contributed by atoms with Crippen LogP contribution in [0.4, 0.5) is 0 Å². The molecule has 1 N–H and O–H groups in total. The van der Waals surface area contributed by atoms with Gasteiger partial charge in [-0.3, -0.25) is 19.5 Å². The van der Waals surface area contributed by atoms with Gasteiger partial charge in [0, 0.05) is 43.0 Å². The largest absolute Gasteiger partial charge is 0.356 e. The first kappa shape index (κ1) is 24.9. The van der Waals surface area contributed by atoms with E-state index in [-0.39, 0.29) is 29.7 Å². The topological polar surface area (TPSA) is 104 Å². The number of hydrogen-bond acceptors (Lipinski definition) is 7. The second-order valence-electron chi connectivity index (χ2n) is 10.5. The van der Waals surface area contributed by atoms with Crippen LogP contribution in [-0.4, -0.2) is 75.5 Å². The Bertz CT molecular complexity index is 1000. The Balaban J connectivity index is 1.36. The van der Waals surface area contributed by atoms with Gasteiger partial charge in [-0.2, -0.15) is 4.98 Å². The van der Waals surface area contributed by atoms with Crippen molar-refractivity contribution in [2.45, 2.75) is 76.2 Å². The van der Waals surface area contributed by atoms with Gasteiger partial charge in [-0.05, 0) is 63.7 Å². The van der Waals surface area contributed by atoms with Gasteiger partial charge in [-0.1, -0.05) is 30.8 Å². The molecule has 0 aromatic carbocycles. The van der Waals surface area contributed by atoms with Crippen LogP contribution in [0.15, 0.2) is 29.0 Å². The van der Waals surface area contributed by atoms with E-state index in [9.17, 15) is 9.59 Å². The van der Waals surface area contributed by atoms with Gasteiger partial charge in [-0.15, -0.1) is 0 Å². The molecule has 2 amide bonds. The molecule has 3 atom stereocenters. The van der Waals surface area contributed by atoms with Crippen LogP contribution in [0.1, 0.15) is 76.0 Å². The van der Waals surface area contributed by atoms with E-state index >= 15 is 0 Å². The zero-order chi connectivity index (χ0) is 24.7. The summed E-state index contributed by atoms with van der Waals surface area (Å²) in [5.41, 5.74) is 0.799. The lowest BCUT2D eigenvalue weighted by atomic mass is 10.00. The SMILES string of the molecule is O=C1NCCCCCCN(C(=O)CN2CCCCCC2)[C@H]2C[C@H](c3nc(-c4cccnc4)no3)C[C@@H]12. The minimum absolute atomic E-state index is 0.0453. The highest BCUT2D eigenvalue weighted by Crippen LogP contribution is 2.41. The molecule has 1 saturated carbocycles. The summed E-state index contributed by atoms with van der Waals surface area (Å²) < 4.78 is 5.68. The molecule has 0 bridgehead atoms. The molecule has 2 saturated heterocycles. The fourth-order valence-electron chi connectivity index (χ4n) is 6.01. The van der Waals surface area contributed by atoms with E-state index in [4.69, 9.17) is 4.52 Å². The summed E-state index contributed by atoms with van der Waals surface area (Å²) in [6.45, 7) is 3.81. The fraction of sp³-hybridized carbons (Fsp3) is 0.667. The minimum Gasteiger partial charge on any atom is -0.356 e. The summed E-state index contributed by atoms with van der Waals surface area (Å²) in [6, 6.07) is 3.59. The molecular formula is C27H38N6O3. The highest BCUT2D eigenvalue weighted by molar-refractivity contribution is 5.83. The van der Waals surface area contributed by atoms with Crippen LogP contribution in [0.2, 0.25) is 0 Å². The number of hydrogen-bond donors (Lipinski definition) is 1. The van der Waals surface area contributed by atoms with Crippen molar-refractivity contribution in [1.29, 1.82) is 0 Å². The standard InChI is InChI=1S/C27H38N6O3/c34-24(19-32-13-6-3-4-7-14-32)33-15-8-2-1-5-12-29-26(35)22-16-21(17-23(22)33)27-30-25(31-36-27)20-10-9-11-28-18-20/h9-11,18,21-23H,1-8,12-17,19H2,(H,29,35)/t21-,22-,23+/m1/s1. The summed E-state index contributed by atoms with van der Waals surface area (Å²) in [7, 11) is 0. The molecule has 3 aliphatic rings. The Morgan fingerprint density at radius 2 is 1.81 bits per heavy atom. The molecule has 1 aliphatic carbocycles. The molecule has 9 heteroatoms. The second-order valence-corrected chi connectivity index (χ2v) is 10.5. The van der Waals surface area contributed by atoms with Crippen molar-refractivity contribution in [3.8, 4) is 11.4 Å². The van der Waals surface area contributed by atoms with Crippen LogP contribution in [0, 0.1) is 5.92 Å². The van der Waals surface area contributed by atoms with E-state index in [1.807, 2.05) is 17.0 Å². The zero-order valence-electron chi connectivity index (χ0n) is 21.1. The Labute approximate surface area is 213 Å². The molecule has 0 radical (unpaired) electrons. The molecule has 5 rings (SSSR count). The first-order valence-corrected chi connectivity index (χ1v) is 13.7. The summed E-state index contributed by atoms with van der Waals surface area (Å²) in [5.74, 6) is 0.924. The normalized spacial score (nSPS) is 26.5. The minimum atomic E-state index is -0.269. The molecular weight excluding hydrogens is 456 g/mol. The smallest absolute Gasteiger partial charge is 0.237 e. The second kappa shape index (κ2) is 12.0. The number of carbonyl (C=O) groups is 2. The van der Waals surface area contributed by atoms with Gasteiger partial charge in [0.15, 0.2) is 0 Å². The van der Waals surface area contributed by atoms with Crippen molar-refractivity contribution in [3.05, 3.63) is 30.4 Å². The molecule has 9 nitrogen and oxygen atoms in total. The van der Waals surface area contributed by atoms with E-state index in [0.29, 0.717) is 44.2 Å². The predicted molar refractivity (Wildman–Crippen MR) is 135 cm³/mol. The van der Waals surface area contributed by atoms with E-state index in [2.05, 4.69) is 25.3 Å². The third-order valence-electron chi connectivity index (χ3n) is 7.98. The van der Waals surface area contributed by atoms with Crippen LogP contribution in [0.25, 0.3) is 11.4 Å². The van der Waals surface area contributed by atoms with Crippen molar-refractivity contribution in [3.63, 3.8) is 0 Å². The lowest BCUT2D eigenvalue weighted by Gasteiger charge is -2.34. The quantitative estimate of drug-likeness (QED) is 0.695. The summed E-state index contributed by atoms with van der Waals surface area (Å²) in [4.78, 5) is 40.1. The average Bonchev–Trinajstić information content (AvgIpc) is 3.47. The number of aromatic nitrogens is 3. The predicted octanol–water partition coefficient (Wildman–Crippen LogP) is 3.39. The highest BCUT2D eigenvalue weighted by atomic mass is 16.5. The molecule has 3 fully saturated rings. The maximum atomic E-state index is 13.7. The molecule has 4 heterocycles. The number of carbonyl (C=O) groups excluding carboxylic acids is 2. The Morgan fingerprint density at radius 3 is 2.58 bits per heavy atom. The fourth-order valence-corrected chi connectivity index (χ4v) is 6.01. The lowest BCUT2D eigenvalue weighted by Crippen LogP contribution is -2.50. The number of pyridine rings is 1. The molecule has 36 heavy (non-hydrogen) atoms. The van der Waals surface area contributed by atoms with Crippen molar-refractivity contribution in [2.24, 2.45) is 5.92 Å². The number of likely N-dealkylation sites (tertiary alicyclic amines) is 1. The van der Waals surface area contributed by atoms with Gasteiger partial charge in [-0.25, -0.2) is 0 Å². The van der Waals surface area contributed by atoms with E-state index in [0.717, 1.165) is 57.2 Å².